The van der Waals surface area contributed by atoms with E-state index < -0.39 is 12.7 Å². The van der Waals surface area contributed by atoms with Gasteiger partial charge in [-0.3, -0.25) is 4.79 Å². The molecule has 7 heteroatoms. The zero-order chi connectivity index (χ0) is 18.7. The summed E-state index contributed by atoms with van der Waals surface area (Å²) in [6.45, 7) is -1.16. The largest absolute Gasteiger partial charge is 0.405 e. The lowest BCUT2D eigenvalue weighted by atomic mass is 10.1. The van der Waals surface area contributed by atoms with Gasteiger partial charge in [0.25, 0.3) is 0 Å². The SMILES string of the molecule is Cn1cc(CC(=O)Nc2ccccc2NCC(F)(F)F)c2ccccc21. The summed E-state index contributed by atoms with van der Waals surface area (Å²) >= 11 is 0. The first-order chi connectivity index (χ1) is 12.3. The van der Waals surface area contributed by atoms with Crippen LogP contribution in [-0.4, -0.2) is 23.2 Å². The van der Waals surface area contributed by atoms with Crippen LogP contribution in [0.1, 0.15) is 5.56 Å². The molecule has 1 aromatic heterocycles. The van der Waals surface area contributed by atoms with E-state index in [2.05, 4.69) is 10.6 Å². The molecule has 0 bridgehead atoms. The molecule has 0 aliphatic carbocycles. The highest BCUT2D eigenvalue weighted by atomic mass is 19.4. The van der Waals surface area contributed by atoms with E-state index >= 15 is 0 Å². The smallest absolute Gasteiger partial charge is 0.375 e. The maximum Gasteiger partial charge on any atom is 0.405 e. The molecule has 26 heavy (non-hydrogen) atoms. The van der Waals surface area contributed by atoms with Crippen molar-refractivity contribution in [1.82, 2.24) is 4.57 Å². The van der Waals surface area contributed by atoms with Crippen LogP contribution in [0, 0.1) is 0 Å². The standard InChI is InChI=1S/C19H18F3N3O/c1-25-11-13(14-6-2-5-9-17(14)25)10-18(26)24-16-8-4-3-7-15(16)23-12-19(20,21)22/h2-9,11,23H,10,12H2,1H3,(H,24,26). The van der Waals surface area contributed by atoms with Crippen molar-refractivity contribution in [1.29, 1.82) is 0 Å². The molecule has 3 rings (SSSR count). The number of benzene rings is 2. The van der Waals surface area contributed by atoms with Crippen molar-refractivity contribution in [2.75, 3.05) is 17.2 Å². The summed E-state index contributed by atoms with van der Waals surface area (Å²) in [5.41, 5.74) is 2.43. The molecule has 136 valence electrons. The quantitative estimate of drug-likeness (QED) is 0.710. The molecule has 0 saturated carbocycles. The Labute approximate surface area is 148 Å². The highest BCUT2D eigenvalue weighted by Crippen LogP contribution is 2.25. The van der Waals surface area contributed by atoms with Gasteiger partial charge in [0, 0.05) is 24.1 Å². The number of anilines is 2. The van der Waals surface area contributed by atoms with Gasteiger partial charge in [0.2, 0.25) is 5.91 Å². The fourth-order valence-corrected chi connectivity index (χ4v) is 2.88. The van der Waals surface area contributed by atoms with Gasteiger partial charge in [-0.25, -0.2) is 0 Å². The van der Waals surface area contributed by atoms with Crippen molar-refractivity contribution < 1.29 is 18.0 Å². The van der Waals surface area contributed by atoms with Gasteiger partial charge in [0.1, 0.15) is 6.54 Å². The molecule has 0 aliphatic heterocycles. The van der Waals surface area contributed by atoms with Crippen LogP contribution in [0.2, 0.25) is 0 Å². The van der Waals surface area contributed by atoms with Gasteiger partial charge in [0.15, 0.2) is 0 Å². The Morgan fingerprint density at radius 1 is 1.04 bits per heavy atom. The van der Waals surface area contributed by atoms with Crippen LogP contribution in [-0.2, 0) is 18.3 Å². The lowest BCUT2D eigenvalue weighted by molar-refractivity contribution is -0.116. The van der Waals surface area contributed by atoms with Crippen LogP contribution < -0.4 is 10.6 Å². The minimum absolute atomic E-state index is 0.134. The number of fused-ring (bicyclic) bond motifs is 1. The van der Waals surface area contributed by atoms with E-state index in [0.29, 0.717) is 5.69 Å². The van der Waals surface area contributed by atoms with Gasteiger partial charge in [-0.2, -0.15) is 13.2 Å². The number of halogens is 3. The first-order valence-corrected chi connectivity index (χ1v) is 8.06. The summed E-state index contributed by atoms with van der Waals surface area (Å²) in [4.78, 5) is 12.4. The third-order valence-corrected chi connectivity index (χ3v) is 4.01. The molecule has 0 unspecified atom stereocenters. The third kappa shape index (κ3) is 4.17. The Kier molecular flexibility index (Phi) is 4.88. The van der Waals surface area contributed by atoms with E-state index in [1.54, 1.807) is 18.2 Å². The van der Waals surface area contributed by atoms with Crippen molar-refractivity contribution in [2.24, 2.45) is 7.05 Å². The first kappa shape index (κ1) is 17.8. The van der Waals surface area contributed by atoms with Gasteiger partial charge < -0.3 is 15.2 Å². The molecule has 0 atom stereocenters. The topological polar surface area (TPSA) is 46.1 Å². The van der Waals surface area contributed by atoms with E-state index in [9.17, 15) is 18.0 Å². The third-order valence-electron chi connectivity index (χ3n) is 4.01. The summed E-state index contributed by atoms with van der Waals surface area (Å²) in [6.07, 6.45) is -2.31. The highest BCUT2D eigenvalue weighted by molar-refractivity contribution is 5.98. The monoisotopic (exact) mass is 361 g/mol. The van der Waals surface area contributed by atoms with E-state index in [4.69, 9.17) is 0 Å². The number of hydrogen-bond donors (Lipinski definition) is 2. The second kappa shape index (κ2) is 7.11. The number of hydrogen-bond acceptors (Lipinski definition) is 2. The average Bonchev–Trinajstić information content (AvgIpc) is 2.90. The summed E-state index contributed by atoms with van der Waals surface area (Å²) < 4.78 is 39.2. The van der Waals surface area contributed by atoms with Crippen LogP contribution in [0.25, 0.3) is 10.9 Å². The number of para-hydroxylation sites is 3. The van der Waals surface area contributed by atoms with E-state index in [1.165, 1.54) is 6.07 Å². The molecule has 1 heterocycles. The predicted octanol–water partition coefficient (Wildman–Crippen LogP) is 4.33. The number of carbonyl (C=O) groups excluding carboxylic acids is 1. The highest BCUT2D eigenvalue weighted by Gasteiger charge is 2.27. The summed E-state index contributed by atoms with van der Waals surface area (Å²) in [5.74, 6) is -0.289. The van der Waals surface area contributed by atoms with Crippen molar-refractivity contribution in [3.8, 4) is 0 Å². The molecule has 0 saturated heterocycles. The number of amides is 1. The Balaban J connectivity index is 1.74. The van der Waals surface area contributed by atoms with Gasteiger partial charge in [-0.1, -0.05) is 30.3 Å². The predicted molar refractivity (Wildman–Crippen MR) is 96.2 cm³/mol. The van der Waals surface area contributed by atoms with Gasteiger partial charge in [0.05, 0.1) is 17.8 Å². The fraction of sp³-hybridized carbons (Fsp3) is 0.211. The number of alkyl halides is 3. The Morgan fingerprint density at radius 2 is 1.69 bits per heavy atom. The normalized spacial score (nSPS) is 11.5. The Bertz CT molecular complexity index is 931. The van der Waals surface area contributed by atoms with E-state index in [1.807, 2.05) is 42.1 Å². The van der Waals surface area contributed by atoms with Gasteiger partial charge >= 0.3 is 6.18 Å². The minimum atomic E-state index is -4.33. The molecule has 0 fully saturated rings. The van der Waals surface area contributed by atoms with Crippen LogP contribution in [0.3, 0.4) is 0 Å². The molecule has 2 aromatic carbocycles. The fourth-order valence-electron chi connectivity index (χ4n) is 2.88. The van der Waals surface area contributed by atoms with Crippen molar-refractivity contribution >= 4 is 28.2 Å². The van der Waals surface area contributed by atoms with Crippen LogP contribution in [0.5, 0.6) is 0 Å². The van der Waals surface area contributed by atoms with E-state index in [-0.39, 0.29) is 18.0 Å². The molecule has 2 N–H and O–H groups in total. The summed E-state index contributed by atoms with van der Waals surface area (Å²) in [5, 5.41) is 5.98. The molecular formula is C19H18F3N3O. The molecular weight excluding hydrogens is 343 g/mol. The summed E-state index contributed by atoms with van der Waals surface area (Å²) in [7, 11) is 1.90. The van der Waals surface area contributed by atoms with Crippen LogP contribution in [0.4, 0.5) is 24.5 Å². The molecule has 0 radical (unpaired) electrons. The summed E-state index contributed by atoms with van der Waals surface area (Å²) in [6, 6.07) is 14.1. The Morgan fingerprint density at radius 3 is 2.42 bits per heavy atom. The second-order valence-electron chi connectivity index (χ2n) is 6.02. The maximum atomic E-state index is 12.4. The molecule has 0 spiro atoms. The molecule has 0 aliphatic rings. The number of nitrogens with one attached hydrogen (secondary N) is 2. The lowest BCUT2D eigenvalue weighted by Crippen LogP contribution is -2.22. The molecule has 1 amide bonds. The lowest BCUT2D eigenvalue weighted by Gasteiger charge is -2.14. The number of nitrogens with zero attached hydrogens (tertiary/aromatic N) is 1. The zero-order valence-electron chi connectivity index (χ0n) is 14.1. The second-order valence-corrected chi connectivity index (χ2v) is 6.02. The average molecular weight is 361 g/mol. The molecule has 3 aromatic rings. The maximum absolute atomic E-state index is 12.4. The van der Waals surface area contributed by atoms with Crippen molar-refractivity contribution in [3.05, 3.63) is 60.3 Å². The zero-order valence-corrected chi connectivity index (χ0v) is 14.1. The van der Waals surface area contributed by atoms with Crippen molar-refractivity contribution in [2.45, 2.75) is 12.6 Å². The van der Waals surface area contributed by atoms with Crippen LogP contribution in [0.15, 0.2) is 54.7 Å². The Hall–Kier alpha value is -2.96. The first-order valence-electron chi connectivity index (χ1n) is 8.06. The minimum Gasteiger partial charge on any atom is -0.375 e. The number of carbonyl (C=O) groups is 1. The van der Waals surface area contributed by atoms with E-state index in [0.717, 1.165) is 16.5 Å². The van der Waals surface area contributed by atoms with Crippen molar-refractivity contribution in [3.63, 3.8) is 0 Å². The molecule has 4 nitrogen and oxygen atoms in total. The number of rotatable bonds is 5. The van der Waals surface area contributed by atoms with Gasteiger partial charge in [-0.05, 0) is 23.8 Å². The van der Waals surface area contributed by atoms with Crippen LogP contribution >= 0.6 is 0 Å². The number of aryl methyl sites for hydroxylation is 1. The number of aromatic nitrogens is 1. The van der Waals surface area contributed by atoms with Gasteiger partial charge in [-0.15, -0.1) is 0 Å².